The maximum Gasteiger partial charge on any atom is 0.410 e. The SMILES string of the molecule is Cc1c([N+](=O)[O-])cnn1[C@H]1CCCN(C(=O)OC(C)(C)C)C1. The minimum Gasteiger partial charge on any atom is -0.444 e. The Kier molecular flexibility index (Phi) is 4.39. The smallest absolute Gasteiger partial charge is 0.410 e. The monoisotopic (exact) mass is 310 g/mol. The predicted molar refractivity (Wildman–Crippen MR) is 79.7 cm³/mol. The number of nitrogens with zero attached hydrogens (tertiary/aromatic N) is 4. The molecule has 1 atom stereocenters. The topological polar surface area (TPSA) is 90.5 Å². The highest BCUT2D eigenvalue weighted by atomic mass is 16.6. The number of hydrogen-bond donors (Lipinski definition) is 0. The number of hydrogen-bond acceptors (Lipinski definition) is 5. The van der Waals surface area contributed by atoms with Gasteiger partial charge in [-0.2, -0.15) is 5.10 Å². The average Bonchev–Trinajstić information content (AvgIpc) is 2.79. The van der Waals surface area contributed by atoms with E-state index in [9.17, 15) is 14.9 Å². The van der Waals surface area contributed by atoms with Crippen molar-refractivity contribution in [3.05, 3.63) is 22.0 Å². The molecule has 0 radical (unpaired) electrons. The van der Waals surface area contributed by atoms with Crippen molar-refractivity contribution in [1.29, 1.82) is 0 Å². The quantitative estimate of drug-likeness (QED) is 0.618. The molecule has 1 fully saturated rings. The van der Waals surface area contributed by atoms with E-state index in [1.165, 1.54) is 6.20 Å². The zero-order valence-electron chi connectivity index (χ0n) is 13.4. The zero-order valence-corrected chi connectivity index (χ0v) is 13.4. The summed E-state index contributed by atoms with van der Waals surface area (Å²) in [7, 11) is 0. The number of carbonyl (C=O) groups is 1. The van der Waals surface area contributed by atoms with Gasteiger partial charge >= 0.3 is 11.8 Å². The van der Waals surface area contributed by atoms with Gasteiger partial charge in [-0.3, -0.25) is 14.8 Å². The minimum atomic E-state index is -0.537. The molecular weight excluding hydrogens is 288 g/mol. The van der Waals surface area contributed by atoms with E-state index in [2.05, 4.69) is 5.10 Å². The lowest BCUT2D eigenvalue weighted by atomic mass is 10.1. The fourth-order valence-corrected chi connectivity index (χ4v) is 2.61. The number of piperidine rings is 1. The van der Waals surface area contributed by atoms with Crippen molar-refractivity contribution in [3.8, 4) is 0 Å². The standard InChI is InChI=1S/C14H22N4O4/c1-10-12(18(20)21)8-15-17(10)11-6-5-7-16(9-11)13(19)22-14(2,3)4/h8,11H,5-7,9H2,1-4H3/t11-/m0/s1. The molecule has 122 valence electrons. The Balaban J connectivity index is 2.11. The molecule has 2 heterocycles. The Labute approximate surface area is 129 Å². The third-order valence-corrected chi connectivity index (χ3v) is 3.61. The maximum atomic E-state index is 12.2. The molecular formula is C14H22N4O4. The molecule has 22 heavy (non-hydrogen) atoms. The molecule has 0 spiro atoms. The van der Waals surface area contributed by atoms with Crippen molar-refractivity contribution in [2.24, 2.45) is 0 Å². The molecule has 0 unspecified atom stereocenters. The molecule has 1 amide bonds. The van der Waals surface area contributed by atoms with E-state index in [1.807, 2.05) is 20.8 Å². The fourth-order valence-electron chi connectivity index (χ4n) is 2.61. The summed E-state index contributed by atoms with van der Waals surface area (Å²) in [4.78, 5) is 24.3. The van der Waals surface area contributed by atoms with Gasteiger partial charge in [-0.15, -0.1) is 0 Å². The predicted octanol–water partition coefficient (Wildman–Crippen LogP) is 2.67. The van der Waals surface area contributed by atoms with Gasteiger partial charge in [0.15, 0.2) is 0 Å². The highest BCUT2D eigenvalue weighted by Gasteiger charge is 2.30. The van der Waals surface area contributed by atoms with E-state index in [4.69, 9.17) is 4.74 Å². The van der Waals surface area contributed by atoms with Gasteiger partial charge in [-0.05, 0) is 40.5 Å². The Morgan fingerprint density at radius 2 is 2.18 bits per heavy atom. The summed E-state index contributed by atoms with van der Waals surface area (Å²) < 4.78 is 7.03. The first-order chi connectivity index (χ1) is 10.2. The van der Waals surface area contributed by atoms with E-state index in [0.717, 1.165) is 12.8 Å². The third kappa shape index (κ3) is 3.55. The van der Waals surface area contributed by atoms with Crippen LogP contribution < -0.4 is 0 Å². The Bertz CT molecular complexity index is 576. The lowest BCUT2D eigenvalue weighted by molar-refractivity contribution is -0.385. The van der Waals surface area contributed by atoms with Crippen LogP contribution in [0, 0.1) is 17.0 Å². The van der Waals surface area contributed by atoms with E-state index in [0.29, 0.717) is 18.8 Å². The summed E-state index contributed by atoms with van der Waals surface area (Å²) in [6.45, 7) is 8.24. The van der Waals surface area contributed by atoms with Crippen molar-refractivity contribution in [1.82, 2.24) is 14.7 Å². The summed E-state index contributed by atoms with van der Waals surface area (Å²) in [6, 6.07) is -0.0602. The second-order valence-corrected chi connectivity index (χ2v) is 6.54. The summed E-state index contributed by atoms with van der Waals surface area (Å²) in [5.41, 5.74) is -0.0137. The molecule has 0 aromatic carbocycles. The molecule has 0 N–H and O–H groups in total. The van der Waals surface area contributed by atoms with Crippen LogP contribution in [0.25, 0.3) is 0 Å². The van der Waals surface area contributed by atoms with Crippen molar-refractivity contribution in [3.63, 3.8) is 0 Å². The van der Waals surface area contributed by atoms with Gasteiger partial charge in [-0.1, -0.05) is 0 Å². The Morgan fingerprint density at radius 3 is 2.73 bits per heavy atom. The lowest BCUT2D eigenvalue weighted by Gasteiger charge is -2.34. The molecule has 0 saturated carbocycles. The fraction of sp³-hybridized carbons (Fsp3) is 0.714. The van der Waals surface area contributed by atoms with Crippen molar-refractivity contribution in [2.75, 3.05) is 13.1 Å². The van der Waals surface area contributed by atoms with Crippen LogP contribution >= 0.6 is 0 Å². The Hall–Kier alpha value is -2.12. The summed E-state index contributed by atoms with van der Waals surface area (Å²) >= 11 is 0. The summed E-state index contributed by atoms with van der Waals surface area (Å²) in [5, 5.41) is 15.0. The first-order valence-corrected chi connectivity index (χ1v) is 7.35. The van der Waals surface area contributed by atoms with Crippen LogP contribution in [0.2, 0.25) is 0 Å². The number of aromatic nitrogens is 2. The highest BCUT2D eigenvalue weighted by molar-refractivity contribution is 5.68. The lowest BCUT2D eigenvalue weighted by Crippen LogP contribution is -2.43. The Morgan fingerprint density at radius 1 is 1.50 bits per heavy atom. The van der Waals surface area contributed by atoms with E-state index in [1.54, 1.807) is 16.5 Å². The van der Waals surface area contributed by atoms with Crippen LogP contribution in [0.3, 0.4) is 0 Å². The zero-order chi connectivity index (χ0) is 16.5. The largest absolute Gasteiger partial charge is 0.444 e. The molecule has 8 nitrogen and oxygen atoms in total. The van der Waals surface area contributed by atoms with Crippen LogP contribution in [-0.2, 0) is 4.74 Å². The van der Waals surface area contributed by atoms with E-state index >= 15 is 0 Å². The van der Waals surface area contributed by atoms with Crippen LogP contribution in [0.1, 0.15) is 45.3 Å². The molecule has 1 aromatic rings. The molecule has 1 aromatic heterocycles. The van der Waals surface area contributed by atoms with Crippen LogP contribution in [0.5, 0.6) is 0 Å². The normalized spacial score (nSPS) is 19.1. The third-order valence-electron chi connectivity index (χ3n) is 3.61. The number of carbonyl (C=O) groups excluding carboxylic acids is 1. The van der Waals surface area contributed by atoms with E-state index < -0.39 is 10.5 Å². The summed E-state index contributed by atoms with van der Waals surface area (Å²) in [5.74, 6) is 0. The van der Waals surface area contributed by atoms with Gasteiger partial charge in [-0.25, -0.2) is 4.79 Å². The number of likely N-dealkylation sites (tertiary alicyclic amines) is 1. The van der Waals surface area contributed by atoms with Crippen molar-refractivity contribution >= 4 is 11.8 Å². The van der Waals surface area contributed by atoms with Gasteiger partial charge in [0, 0.05) is 13.1 Å². The summed E-state index contributed by atoms with van der Waals surface area (Å²) in [6.07, 6.45) is 2.56. The van der Waals surface area contributed by atoms with Gasteiger partial charge < -0.3 is 9.64 Å². The van der Waals surface area contributed by atoms with E-state index in [-0.39, 0.29) is 17.8 Å². The minimum absolute atomic E-state index is 0.00870. The molecule has 1 aliphatic rings. The second kappa shape index (κ2) is 5.94. The van der Waals surface area contributed by atoms with Gasteiger partial charge in [0.25, 0.3) is 0 Å². The highest BCUT2D eigenvalue weighted by Crippen LogP contribution is 2.27. The first-order valence-electron chi connectivity index (χ1n) is 7.35. The molecule has 1 saturated heterocycles. The van der Waals surface area contributed by atoms with Crippen LogP contribution in [0.4, 0.5) is 10.5 Å². The maximum absolute atomic E-state index is 12.2. The number of amides is 1. The molecule has 0 aliphatic carbocycles. The number of ether oxygens (including phenoxy) is 1. The number of rotatable bonds is 2. The molecule has 0 bridgehead atoms. The van der Waals surface area contributed by atoms with Crippen LogP contribution in [-0.4, -0.2) is 44.4 Å². The second-order valence-electron chi connectivity index (χ2n) is 6.54. The molecule has 1 aliphatic heterocycles. The van der Waals surface area contributed by atoms with Gasteiger partial charge in [0.05, 0.1) is 11.0 Å². The molecule has 8 heteroatoms. The molecule has 2 rings (SSSR count). The first kappa shape index (κ1) is 16.3. The van der Waals surface area contributed by atoms with Gasteiger partial charge in [0.2, 0.25) is 0 Å². The van der Waals surface area contributed by atoms with Crippen molar-refractivity contribution in [2.45, 2.75) is 52.2 Å². The number of nitro groups is 1. The van der Waals surface area contributed by atoms with Crippen molar-refractivity contribution < 1.29 is 14.5 Å². The van der Waals surface area contributed by atoms with Crippen LogP contribution in [0.15, 0.2) is 6.20 Å². The average molecular weight is 310 g/mol. The van der Waals surface area contributed by atoms with Gasteiger partial charge in [0.1, 0.15) is 17.5 Å².